The van der Waals surface area contributed by atoms with Crippen LogP contribution in [-0.4, -0.2) is 72.9 Å². The molecule has 150 valence electrons. The first-order valence-corrected chi connectivity index (χ1v) is 9.38. The molecule has 8 heteroatoms. The number of morpholine rings is 1. The van der Waals surface area contributed by atoms with E-state index in [9.17, 15) is 9.59 Å². The zero-order valence-corrected chi connectivity index (χ0v) is 16.3. The van der Waals surface area contributed by atoms with Crippen molar-refractivity contribution in [2.45, 2.75) is 13.3 Å². The Bertz CT molecular complexity index is 879. The maximum atomic E-state index is 13.0. The maximum Gasteiger partial charge on any atom is 0.311 e. The zero-order valence-electron chi connectivity index (χ0n) is 16.3. The Balaban J connectivity index is 1.86. The molecule has 1 aromatic carbocycles. The number of methoxy groups -OCH3 is 1. The van der Waals surface area contributed by atoms with Crippen LogP contribution in [-0.2, 0) is 20.7 Å². The third-order valence-electron chi connectivity index (χ3n) is 4.76. The van der Waals surface area contributed by atoms with Crippen molar-refractivity contribution in [2.75, 3.05) is 46.5 Å². The first-order valence-electron chi connectivity index (χ1n) is 9.38. The Morgan fingerprint density at radius 3 is 2.64 bits per heavy atom. The Morgan fingerprint density at radius 1 is 1.25 bits per heavy atom. The van der Waals surface area contributed by atoms with E-state index in [4.69, 9.17) is 9.47 Å². The lowest BCUT2D eigenvalue weighted by Crippen LogP contribution is -2.37. The molecule has 0 saturated carbocycles. The number of hydrogen-bond donors (Lipinski definition) is 1. The van der Waals surface area contributed by atoms with Gasteiger partial charge in [0.25, 0.3) is 5.56 Å². The quantitative estimate of drug-likeness (QED) is 0.567. The van der Waals surface area contributed by atoms with Gasteiger partial charge in [-0.1, -0.05) is 18.2 Å². The first-order chi connectivity index (χ1) is 13.6. The van der Waals surface area contributed by atoms with Crippen LogP contribution in [0, 0.1) is 0 Å². The zero-order chi connectivity index (χ0) is 19.9. The molecule has 0 aliphatic carbocycles. The summed E-state index contributed by atoms with van der Waals surface area (Å²) in [4.78, 5) is 31.7. The largest absolute Gasteiger partial charge is 0.469 e. The summed E-state index contributed by atoms with van der Waals surface area (Å²) in [6.07, 6.45) is -0.0166. The molecule has 0 unspecified atom stereocenters. The van der Waals surface area contributed by atoms with Crippen LogP contribution in [0.3, 0.4) is 0 Å². The molecular formula is C20H26N4O4. The van der Waals surface area contributed by atoms with Gasteiger partial charge in [0, 0.05) is 25.3 Å². The van der Waals surface area contributed by atoms with Crippen molar-refractivity contribution >= 4 is 11.7 Å². The van der Waals surface area contributed by atoms with E-state index in [0.29, 0.717) is 29.2 Å². The summed E-state index contributed by atoms with van der Waals surface area (Å²) in [6, 6.07) is 9.24. The number of esters is 1. The number of hydrogen-bond acceptors (Lipinski definition) is 6. The summed E-state index contributed by atoms with van der Waals surface area (Å²) in [5, 5.41) is 3.05. The van der Waals surface area contributed by atoms with Gasteiger partial charge in [0.05, 0.1) is 50.2 Å². The fourth-order valence-electron chi connectivity index (χ4n) is 3.22. The maximum absolute atomic E-state index is 13.0. The number of H-pyrrole nitrogens is 1. The lowest BCUT2D eigenvalue weighted by Gasteiger charge is -2.25. The average Bonchev–Trinajstić information content (AvgIpc) is 3.05. The van der Waals surface area contributed by atoms with Gasteiger partial charge in [0.2, 0.25) is 0 Å². The molecule has 0 atom stereocenters. The number of nitrogens with one attached hydrogen (secondary N) is 1. The summed E-state index contributed by atoms with van der Waals surface area (Å²) < 4.78 is 11.6. The van der Waals surface area contributed by atoms with E-state index in [1.54, 1.807) is 6.92 Å². The highest BCUT2D eigenvalue weighted by Gasteiger charge is 2.20. The first kappa shape index (κ1) is 20.0. The van der Waals surface area contributed by atoms with Crippen molar-refractivity contribution in [2.24, 2.45) is 4.99 Å². The number of para-hydroxylation sites is 1. The minimum absolute atomic E-state index is 0.0166. The predicted octanol–water partition coefficient (Wildman–Crippen LogP) is 1.02. The third kappa shape index (κ3) is 4.76. The molecule has 1 saturated heterocycles. The van der Waals surface area contributed by atoms with Gasteiger partial charge in [0.1, 0.15) is 0 Å². The lowest BCUT2D eigenvalue weighted by atomic mass is 10.1. The Morgan fingerprint density at radius 2 is 1.96 bits per heavy atom. The molecule has 0 amide bonds. The second-order valence-electron chi connectivity index (χ2n) is 6.62. The molecule has 2 heterocycles. The van der Waals surface area contributed by atoms with E-state index < -0.39 is 5.97 Å². The number of aliphatic imine (C=N–C) groups is 1. The van der Waals surface area contributed by atoms with Crippen LogP contribution in [0.2, 0.25) is 0 Å². The van der Waals surface area contributed by atoms with Crippen LogP contribution < -0.4 is 5.56 Å². The van der Waals surface area contributed by atoms with Crippen LogP contribution in [0.1, 0.15) is 18.2 Å². The van der Waals surface area contributed by atoms with E-state index in [0.717, 1.165) is 32.8 Å². The molecule has 1 aliphatic heterocycles. The molecule has 0 spiro atoms. The number of ether oxygens (including phenoxy) is 2. The van der Waals surface area contributed by atoms with E-state index in [1.165, 1.54) is 11.8 Å². The fourth-order valence-corrected chi connectivity index (χ4v) is 3.22. The van der Waals surface area contributed by atoms with Gasteiger partial charge in [0.15, 0.2) is 0 Å². The van der Waals surface area contributed by atoms with Crippen molar-refractivity contribution in [1.82, 2.24) is 14.7 Å². The normalized spacial score (nSPS) is 15.6. The van der Waals surface area contributed by atoms with Crippen LogP contribution in [0.5, 0.6) is 0 Å². The number of aromatic amines is 1. The molecule has 0 bridgehead atoms. The number of nitrogens with zero attached hydrogens (tertiary/aromatic N) is 3. The number of carbonyl (C=O) groups is 1. The highest BCUT2D eigenvalue weighted by Crippen LogP contribution is 2.10. The van der Waals surface area contributed by atoms with Gasteiger partial charge in [-0.2, -0.15) is 0 Å². The molecule has 1 fully saturated rings. The molecule has 3 rings (SSSR count). The van der Waals surface area contributed by atoms with Crippen LogP contribution in [0.4, 0.5) is 0 Å². The van der Waals surface area contributed by atoms with Crippen molar-refractivity contribution in [3.8, 4) is 5.69 Å². The van der Waals surface area contributed by atoms with Gasteiger partial charge in [-0.05, 0) is 19.1 Å². The standard InChI is InChI=1S/C20H26N4O4/c1-15(21-8-9-23-10-12-28-13-11-23)19-17(14-18(25)27-2)22-24(20(19)26)16-6-4-3-5-7-16/h3-7,22H,8-14H2,1-2H3. The minimum Gasteiger partial charge on any atom is -0.469 e. The van der Waals surface area contributed by atoms with Gasteiger partial charge in [-0.15, -0.1) is 0 Å². The molecule has 1 aliphatic rings. The molecule has 1 N–H and O–H groups in total. The van der Waals surface area contributed by atoms with Gasteiger partial charge < -0.3 is 9.47 Å². The summed E-state index contributed by atoms with van der Waals surface area (Å²) >= 11 is 0. The number of carbonyl (C=O) groups excluding carboxylic acids is 1. The smallest absolute Gasteiger partial charge is 0.311 e. The average molecular weight is 386 g/mol. The molecule has 8 nitrogen and oxygen atoms in total. The highest BCUT2D eigenvalue weighted by atomic mass is 16.5. The van der Waals surface area contributed by atoms with E-state index in [1.807, 2.05) is 30.3 Å². The SMILES string of the molecule is COC(=O)Cc1[nH]n(-c2ccccc2)c(=O)c1C(C)=NCCN1CCOCC1. The van der Waals surface area contributed by atoms with Crippen molar-refractivity contribution in [3.05, 3.63) is 51.9 Å². The number of benzene rings is 1. The molecule has 28 heavy (non-hydrogen) atoms. The number of rotatable bonds is 7. The van der Waals surface area contributed by atoms with Crippen LogP contribution >= 0.6 is 0 Å². The molecular weight excluding hydrogens is 360 g/mol. The number of aromatic nitrogens is 2. The van der Waals surface area contributed by atoms with Gasteiger partial charge in [-0.3, -0.25) is 24.6 Å². The molecule has 0 radical (unpaired) electrons. The monoisotopic (exact) mass is 386 g/mol. The topological polar surface area (TPSA) is 88.9 Å². The predicted molar refractivity (Wildman–Crippen MR) is 106 cm³/mol. The van der Waals surface area contributed by atoms with Crippen molar-refractivity contribution in [3.63, 3.8) is 0 Å². The van der Waals surface area contributed by atoms with Crippen molar-refractivity contribution in [1.29, 1.82) is 0 Å². The fraction of sp³-hybridized carbons (Fsp3) is 0.450. The summed E-state index contributed by atoms with van der Waals surface area (Å²) in [6.45, 7) is 6.47. The minimum atomic E-state index is -0.413. The van der Waals surface area contributed by atoms with E-state index in [-0.39, 0.29) is 12.0 Å². The van der Waals surface area contributed by atoms with E-state index in [2.05, 4.69) is 15.0 Å². The molecule has 2 aromatic rings. The lowest BCUT2D eigenvalue weighted by molar-refractivity contribution is -0.139. The Labute approximate surface area is 163 Å². The summed E-state index contributed by atoms with van der Waals surface area (Å²) in [7, 11) is 1.33. The second-order valence-corrected chi connectivity index (χ2v) is 6.62. The highest BCUT2D eigenvalue weighted by molar-refractivity contribution is 6.00. The van der Waals surface area contributed by atoms with Crippen LogP contribution in [0.15, 0.2) is 40.1 Å². The van der Waals surface area contributed by atoms with Gasteiger partial charge >= 0.3 is 5.97 Å². The van der Waals surface area contributed by atoms with Crippen LogP contribution in [0.25, 0.3) is 5.69 Å². The Hall–Kier alpha value is -2.71. The van der Waals surface area contributed by atoms with E-state index >= 15 is 0 Å². The van der Waals surface area contributed by atoms with Gasteiger partial charge in [-0.25, -0.2) is 4.68 Å². The third-order valence-corrected chi connectivity index (χ3v) is 4.76. The molecule has 1 aromatic heterocycles. The summed E-state index contributed by atoms with van der Waals surface area (Å²) in [5.41, 5.74) is 2.02. The Kier molecular flexibility index (Phi) is 6.78. The second kappa shape index (κ2) is 9.48. The van der Waals surface area contributed by atoms with Crippen molar-refractivity contribution < 1.29 is 14.3 Å². The summed E-state index contributed by atoms with van der Waals surface area (Å²) in [5.74, 6) is -0.413.